The topological polar surface area (TPSA) is 30.8 Å². The standard InChI is InChI=1S/C21H27NO2/c1-6-16-8-10-19(18(7-2)12-16)15(3)22-14-17-9-11-20(23-4)21(13-17)24-5/h8-15H,6-7H2,1-5H3/b22-14-. The van der Waals surface area contributed by atoms with E-state index in [1.165, 1.54) is 16.7 Å². The predicted molar refractivity (Wildman–Crippen MR) is 101 cm³/mol. The van der Waals surface area contributed by atoms with Gasteiger partial charge in [-0.2, -0.15) is 0 Å². The lowest BCUT2D eigenvalue weighted by Crippen LogP contribution is -1.99. The van der Waals surface area contributed by atoms with Crippen LogP contribution in [0.4, 0.5) is 0 Å². The van der Waals surface area contributed by atoms with Crippen LogP contribution in [-0.4, -0.2) is 20.4 Å². The minimum atomic E-state index is 0.124. The summed E-state index contributed by atoms with van der Waals surface area (Å²) in [7, 11) is 3.28. The van der Waals surface area contributed by atoms with E-state index in [9.17, 15) is 0 Å². The average molecular weight is 325 g/mol. The van der Waals surface area contributed by atoms with Gasteiger partial charge >= 0.3 is 0 Å². The van der Waals surface area contributed by atoms with Crippen LogP contribution >= 0.6 is 0 Å². The van der Waals surface area contributed by atoms with Crippen molar-refractivity contribution in [3.63, 3.8) is 0 Å². The van der Waals surface area contributed by atoms with Crippen LogP contribution in [0.25, 0.3) is 0 Å². The molecule has 3 nitrogen and oxygen atoms in total. The van der Waals surface area contributed by atoms with Crippen molar-refractivity contribution in [2.24, 2.45) is 4.99 Å². The van der Waals surface area contributed by atoms with Gasteiger partial charge in [-0.1, -0.05) is 32.0 Å². The quantitative estimate of drug-likeness (QED) is 0.670. The summed E-state index contributed by atoms with van der Waals surface area (Å²) in [6, 6.07) is 12.7. The largest absolute Gasteiger partial charge is 0.493 e. The van der Waals surface area contributed by atoms with Crippen LogP contribution in [-0.2, 0) is 12.8 Å². The molecule has 0 aliphatic rings. The summed E-state index contributed by atoms with van der Waals surface area (Å²) in [5, 5.41) is 0. The van der Waals surface area contributed by atoms with Gasteiger partial charge in [0.2, 0.25) is 0 Å². The van der Waals surface area contributed by atoms with Crippen molar-refractivity contribution < 1.29 is 9.47 Å². The van der Waals surface area contributed by atoms with Crippen molar-refractivity contribution in [2.45, 2.75) is 39.7 Å². The SMILES string of the molecule is CCc1ccc(C(C)/N=C\c2ccc(OC)c(OC)c2)c(CC)c1. The Hall–Kier alpha value is -2.29. The molecule has 0 amide bonds. The highest BCUT2D eigenvalue weighted by Gasteiger charge is 2.09. The number of hydrogen-bond acceptors (Lipinski definition) is 3. The zero-order valence-electron chi connectivity index (χ0n) is 15.3. The third-order valence-corrected chi connectivity index (χ3v) is 4.30. The molecule has 0 aliphatic carbocycles. The van der Waals surface area contributed by atoms with Crippen molar-refractivity contribution in [3.05, 3.63) is 58.7 Å². The lowest BCUT2D eigenvalue weighted by atomic mass is 9.96. The van der Waals surface area contributed by atoms with Crippen LogP contribution in [0.2, 0.25) is 0 Å². The molecule has 2 aromatic rings. The molecule has 0 spiro atoms. The average Bonchev–Trinajstić information content (AvgIpc) is 2.65. The summed E-state index contributed by atoms with van der Waals surface area (Å²) in [6.07, 6.45) is 4.00. The Kier molecular flexibility index (Phi) is 6.42. The lowest BCUT2D eigenvalue weighted by Gasteiger charge is -2.14. The van der Waals surface area contributed by atoms with Gasteiger partial charge in [0.1, 0.15) is 0 Å². The molecule has 0 saturated heterocycles. The number of rotatable bonds is 7. The smallest absolute Gasteiger partial charge is 0.161 e. The van der Waals surface area contributed by atoms with E-state index in [0.29, 0.717) is 0 Å². The van der Waals surface area contributed by atoms with E-state index in [1.807, 2.05) is 24.4 Å². The van der Waals surface area contributed by atoms with E-state index in [1.54, 1.807) is 14.2 Å². The van der Waals surface area contributed by atoms with Crippen LogP contribution < -0.4 is 9.47 Å². The number of methoxy groups -OCH3 is 2. The molecule has 0 aromatic heterocycles. The maximum absolute atomic E-state index is 5.34. The van der Waals surface area contributed by atoms with Crippen LogP contribution in [0.3, 0.4) is 0 Å². The Morgan fingerprint density at radius 3 is 2.33 bits per heavy atom. The Morgan fingerprint density at radius 1 is 0.958 bits per heavy atom. The summed E-state index contributed by atoms with van der Waals surface area (Å²) >= 11 is 0. The first-order chi connectivity index (χ1) is 11.6. The van der Waals surface area contributed by atoms with Gasteiger partial charge in [0.05, 0.1) is 20.3 Å². The number of nitrogens with zero attached hydrogens (tertiary/aromatic N) is 1. The molecule has 3 heteroatoms. The maximum atomic E-state index is 5.34. The van der Waals surface area contributed by atoms with E-state index in [2.05, 4.69) is 39.0 Å². The highest BCUT2D eigenvalue weighted by atomic mass is 16.5. The van der Waals surface area contributed by atoms with Crippen LogP contribution in [0, 0.1) is 0 Å². The van der Waals surface area contributed by atoms with Gasteiger partial charge in [-0.15, -0.1) is 0 Å². The predicted octanol–water partition coefficient (Wildman–Crippen LogP) is 5.01. The van der Waals surface area contributed by atoms with Crippen LogP contribution in [0.5, 0.6) is 11.5 Å². The van der Waals surface area contributed by atoms with Crippen molar-refractivity contribution in [2.75, 3.05) is 14.2 Å². The van der Waals surface area contributed by atoms with Gasteiger partial charge in [-0.05, 0) is 60.2 Å². The Morgan fingerprint density at radius 2 is 1.71 bits per heavy atom. The summed E-state index contributed by atoms with van der Waals surface area (Å²) in [4.78, 5) is 4.74. The number of aryl methyl sites for hydroxylation is 2. The van der Waals surface area contributed by atoms with Crippen molar-refractivity contribution in [1.82, 2.24) is 0 Å². The van der Waals surface area contributed by atoms with Crippen LogP contribution in [0.1, 0.15) is 49.1 Å². The first-order valence-corrected chi connectivity index (χ1v) is 8.49. The molecule has 2 aromatic carbocycles. The van der Waals surface area contributed by atoms with E-state index in [0.717, 1.165) is 29.9 Å². The minimum absolute atomic E-state index is 0.124. The fourth-order valence-electron chi connectivity index (χ4n) is 2.80. The molecule has 0 aliphatic heterocycles. The fraction of sp³-hybridized carbons (Fsp3) is 0.381. The van der Waals surface area contributed by atoms with Gasteiger partial charge in [0.15, 0.2) is 11.5 Å². The van der Waals surface area contributed by atoms with Crippen LogP contribution in [0.15, 0.2) is 41.4 Å². The van der Waals surface area contributed by atoms with Gasteiger partial charge in [-0.3, -0.25) is 4.99 Å². The summed E-state index contributed by atoms with van der Waals surface area (Å²) in [6.45, 7) is 6.52. The number of hydrogen-bond donors (Lipinski definition) is 0. The highest BCUT2D eigenvalue weighted by Crippen LogP contribution is 2.28. The molecule has 0 heterocycles. The third kappa shape index (κ3) is 4.16. The van der Waals surface area contributed by atoms with E-state index in [4.69, 9.17) is 14.5 Å². The van der Waals surface area contributed by atoms with Crippen molar-refractivity contribution >= 4 is 6.21 Å². The molecule has 0 saturated carbocycles. The molecule has 0 fully saturated rings. The number of benzene rings is 2. The molecule has 0 radical (unpaired) electrons. The molecular formula is C21H27NO2. The van der Waals surface area contributed by atoms with Crippen molar-refractivity contribution in [3.8, 4) is 11.5 Å². The zero-order chi connectivity index (χ0) is 17.5. The molecule has 1 atom stereocenters. The van der Waals surface area contributed by atoms with Gasteiger partial charge in [0, 0.05) is 6.21 Å². The second-order valence-electron chi connectivity index (χ2n) is 5.81. The Balaban J connectivity index is 2.23. The van der Waals surface area contributed by atoms with Gasteiger partial charge < -0.3 is 9.47 Å². The van der Waals surface area contributed by atoms with E-state index in [-0.39, 0.29) is 6.04 Å². The van der Waals surface area contributed by atoms with E-state index < -0.39 is 0 Å². The molecule has 2 rings (SSSR count). The summed E-state index contributed by atoms with van der Waals surface area (Å²) in [5.41, 5.74) is 5.06. The molecule has 0 bridgehead atoms. The summed E-state index contributed by atoms with van der Waals surface area (Å²) < 4.78 is 10.6. The highest BCUT2D eigenvalue weighted by molar-refractivity contribution is 5.81. The first kappa shape index (κ1) is 18.1. The van der Waals surface area contributed by atoms with Gasteiger partial charge in [0.25, 0.3) is 0 Å². The molecule has 128 valence electrons. The molecular weight excluding hydrogens is 298 g/mol. The first-order valence-electron chi connectivity index (χ1n) is 8.49. The summed E-state index contributed by atoms with van der Waals surface area (Å²) in [5.74, 6) is 1.45. The number of aliphatic imine (C=N–C) groups is 1. The molecule has 1 unspecified atom stereocenters. The normalized spacial score (nSPS) is 12.4. The lowest BCUT2D eigenvalue weighted by molar-refractivity contribution is 0.355. The molecule has 24 heavy (non-hydrogen) atoms. The Bertz CT molecular complexity index is 707. The molecule has 0 N–H and O–H groups in total. The van der Waals surface area contributed by atoms with Crippen molar-refractivity contribution in [1.29, 1.82) is 0 Å². The van der Waals surface area contributed by atoms with Gasteiger partial charge in [-0.25, -0.2) is 0 Å². The third-order valence-electron chi connectivity index (χ3n) is 4.30. The maximum Gasteiger partial charge on any atom is 0.161 e. The Labute approximate surface area is 145 Å². The minimum Gasteiger partial charge on any atom is -0.493 e. The van der Waals surface area contributed by atoms with E-state index >= 15 is 0 Å². The fourth-order valence-corrected chi connectivity index (χ4v) is 2.80. The number of ether oxygens (including phenoxy) is 2. The second kappa shape index (κ2) is 8.53. The monoisotopic (exact) mass is 325 g/mol. The zero-order valence-corrected chi connectivity index (χ0v) is 15.3. The second-order valence-corrected chi connectivity index (χ2v) is 5.81.